The molecule has 0 saturated heterocycles. The number of carbonyl (C=O) groups excluding carboxylic acids is 1. The van der Waals surface area contributed by atoms with Crippen molar-refractivity contribution in [2.24, 2.45) is 0 Å². The van der Waals surface area contributed by atoms with E-state index in [-0.39, 0.29) is 23.9 Å². The number of nitrogens with zero attached hydrogens (tertiary/aromatic N) is 2. The lowest BCUT2D eigenvalue weighted by Crippen LogP contribution is -2.30. The van der Waals surface area contributed by atoms with Crippen LogP contribution in [0.3, 0.4) is 0 Å². The van der Waals surface area contributed by atoms with Gasteiger partial charge in [-0.05, 0) is 31.3 Å². The van der Waals surface area contributed by atoms with Gasteiger partial charge in [0.15, 0.2) is 0 Å². The molecule has 8 heteroatoms. The van der Waals surface area contributed by atoms with E-state index in [0.29, 0.717) is 6.54 Å². The number of nitrogens with one attached hydrogen (secondary N) is 1. The molecule has 0 radical (unpaired) electrons. The monoisotopic (exact) mass is 377 g/mol. The Labute approximate surface area is 153 Å². The van der Waals surface area contributed by atoms with Gasteiger partial charge in [-0.2, -0.15) is 8.78 Å². The lowest BCUT2D eigenvalue weighted by Gasteiger charge is -2.16. The number of rotatable bonds is 7. The van der Waals surface area contributed by atoms with Crippen LogP contribution in [0.1, 0.15) is 5.01 Å². The van der Waals surface area contributed by atoms with E-state index in [1.807, 2.05) is 29.2 Å². The van der Waals surface area contributed by atoms with E-state index < -0.39 is 6.61 Å². The molecule has 3 rings (SSSR count). The zero-order valence-corrected chi connectivity index (χ0v) is 14.8. The molecule has 0 spiro atoms. The molecule has 0 aliphatic carbocycles. The number of thiazole rings is 1. The summed E-state index contributed by atoms with van der Waals surface area (Å²) in [4.78, 5) is 18.6. The number of anilines is 1. The van der Waals surface area contributed by atoms with Crippen molar-refractivity contribution in [1.29, 1.82) is 0 Å². The van der Waals surface area contributed by atoms with Crippen LogP contribution in [0.5, 0.6) is 5.75 Å². The van der Waals surface area contributed by atoms with Crippen LogP contribution in [0.2, 0.25) is 0 Å². The number of amides is 1. The van der Waals surface area contributed by atoms with Crippen molar-refractivity contribution in [3.05, 3.63) is 53.5 Å². The van der Waals surface area contributed by atoms with Gasteiger partial charge in [-0.3, -0.25) is 9.69 Å². The summed E-state index contributed by atoms with van der Waals surface area (Å²) in [7, 11) is 1.80. The molecule has 0 unspecified atom stereocenters. The minimum Gasteiger partial charge on any atom is -0.433 e. The Bertz CT molecular complexity index is 868. The third-order valence-electron chi connectivity index (χ3n) is 3.53. The summed E-state index contributed by atoms with van der Waals surface area (Å²) in [5, 5.41) is 3.51. The second-order valence-electron chi connectivity index (χ2n) is 5.67. The molecule has 0 aliphatic rings. The van der Waals surface area contributed by atoms with Crippen LogP contribution in [0.15, 0.2) is 48.5 Å². The molecule has 1 aromatic heterocycles. The van der Waals surface area contributed by atoms with Crippen LogP contribution in [0.4, 0.5) is 14.5 Å². The van der Waals surface area contributed by atoms with Crippen molar-refractivity contribution in [1.82, 2.24) is 9.88 Å². The fourth-order valence-corrected chi connectivity index (χ4v) is 3.53. The number of fused-ring (bicyclic) bond motifs is 1. The number of para-hydroxylation sites is 3. The van der Waals surface area contributed by atoms with E-state index >= 15 is 0 Å². The zero-order valence-electron chi connectivity index (χ0n) is 14.0. The predicted molar refractivity (Wildman–Crippen MR) is 97.7 cm³/mol. The number of alkyl halides is 2. The van der Waals surface area contributed by atoms with Crippen molar-refractivity contribution in [3.63, 3.8) is 0 Å². The number of ether oxygens (including phenoxy) is 1. The van der Waals surface area contributed by atoms with Crippen LogP contribution in [0, 0.1) is 0 Å². The number of hydrogen-bond acceptors (Lipinski definition) is 5. The molecule has 0 saturated carbocycles. The summed E-state index contributed by atoms with van der Waals surface area (Å²) < 4.78 is 30.4. The molecular weight excluding hydrogens is 360 g/mol. The molecule has 3 aromatic rings. The topological polar surface area (TPSA) is 54.5 Å². The second kappa shape index (κ2) is 8.20. The number of likely N-dealkylation sites (N-methyl/N-ethyl adjacent to an activating group) is 1. The first-order chi connectivity index (χ1) is 12.5. The zero-order chi connectivity index (χ0) is 18.5. The van der Waals surface area contributed by atoms with Crippen LogP contribution >= 0.6 is 11.3 Å². The first kappa shape index (κ1) is 18.2. The fraction of sp³-hybridized carbons (Fsp3) is 0.222. The van der Waals surface area contributed by atoms with Crippen LogP contribution in [-0.4, -0.2) is 36.0 Å². The normalized spacial score (nSPS) is 11.3. The Kier molecular flexibility index (Phi) is 5.75. The lowest BCUT2D eigenvalue weighted by atomic mass is 10.3. The van der Waals surface area contributed by atoms with E-state index in [9.17, 15) is 13.6 Å². The summed E-state index contributed by atoms with van der Waals surface area (Å²) in [6.45, 7) is -2.34. The summed E-state index contributed by atoms with van der Waals surface area (Å²) in [5.41, 5.74) is 1.15. The minimum atomic E-state index is -2.95. The molecule has 1 N–H and O–H groups in total. The van der Waals surface area contributed by atoms with Gasteiger partial charge >= 0.3 is 6.61 Å². The summed E-state index contributed by atoms with van der Waals surface area (Å²) in [5.74, 6) is -0.386. The first-order valence-electron chi connectivity index (χ1n) is 7.88. The maximum absolute atomic E-state index is 12.4. The molecule has 5 nitrogen and oxygen atoms in total. The molecule has 26 heavy (non-hydrogen) atoms. The van der Waals surface area contributed by atoms with Crippen molar-refractivity contribution in [3.8, 4) is 5.75 Å². The Morgan fingerprint density at radius 3 is 2.73 bits per heavy atom. The predicted octanol–water partition coefficient (Wildman–Crippen LogP) is 3.97. The average molecular weight is 377 g/mol. The van der Waals surface area contributed by atoms with Crippen LogP contribution < -0.4 is 10.1 Å². The maximum atomic E-state index is 12.4. The van der Waals surface area contributed by atoms with Gasteiger partial charge in [-0.15, -0.1) is 11.3 Å². The van der Waals surface area contributed by atoms with E-state index in [1.165, 1.54) is 12.1 Å². The number of aromatic nitrogens is 1. The molecule has 2 aromatic carbocycles. The molecule has 0 aliphatic heterocycles. The van der Waals surface area contributed by atoms with Gasteiger partial charge in [0.1, 0.15) is 10.8 Å². The van der Waals surface area contributed by atoms with Gasteiger partial charge < -0.3 is 10.1 Å². The molecule has 0 fully saturated rings. The Hall–Kier alpha value is -2.58. The van der Waals surface area contributed by atoms with E-state index in [0.717, 1.165) is 15.2 Å². The summed E-state index contributed by atoms with van der Waals surface area (Å²) in [6, 6.07) is 13.9. The van der Waals surface area contributed by atoms with Gasteiger partial charge in [0, 0.05) is 0 Å². The van der Waals surface area contributed by atoms with Gasteiger partial charge in [-0.25, -0.2) is 4.98 Å². The van der Waals surface area contributed by atoms with Crippen LogP contribution in [0.25, 0.3) is 10.2 Å². The molecule has 0 atom stereocenters. The number of carbonyl (C=O) groups is 1. The van der Waals surface area contributed by atoms with Crippen molar-refractivity contribution >= 4 is 33.1 Å². The van der Waals surface area contributed by atoms with E-state index in [2.05, 4.69) is 15.0 Å². The molecular formula is C18H17F2N3O2S. The van der Waals surface area contributed by atoms with Crippen molar-refractivity contribution < 1.29 is 18.3 Å². The highest BCUT2D eigenvalue weighted by Gasteiger charge is 2.14. The summed E-state index contributed by atoms with van der Waals surface area (Å²) >= 11 is 1.58. The molecule has 136 valence electrons. The van der Waals surface area contributed by atoms with Crippen molar-refractivity contribution in [2.75, 3.05) is 18.9 Å². The van der Waals surface area contributed by atoms with Gasteiger partial charge in [0.05, 0.1) is 29.0 Å². The fourth-order valence-electron chi connectivity index (χ4n) is 2.48. The third kappa shape index (κ3) is 4.74. The van der Waals surface area contributed by atoms with Gasteiger partial charge in [0.25, 0.3) is 0 Å². The lowest BCUT2D eigenvalue weighted by molar-refractivity contribution is -0.117. The Morgan fingerprint density at radius 2 is 1.96 bits per heavy atom. The standard InChI is InChI=1S/C18H17F2N3O2S/c1-23(11-17-22-13-7-3-5-9-15(13)26-17)10-16(24)21-12-6-2-4-8-14(12)25-18(19)20/h2-9,18H,10-11H2,1H3,(H,21,24). The number of benzene rings is 2. The first-order valence-corrected chi connectivity index (χ1v) is 8.69. The molecule has 0 bridgehead atoms. The number of hydrogen-bond donors (Lipinski definition) is 1. The smallest absolute Gasteiger partial charge is 0.387 e. The SMILES string of the molecule is CN(CC(=O)Nc1ccccc1OC(F)F)Cc1nc2ccccc2s1. The highest BCUT2D eigenvalue weighted by Crippen LogP contribution is 2.25. The van der Waals surface area contributed by atoms with E-state index in [1.54, 1.807) is 30.5 Å². The largest absolute Gasteiger partial charge is 0.433 e. The highest BCUT2D eigenvalue weighted by molar-refractivity contribution is 7.18. The minimum absolute atomic E-state index is 0.0651. The quantitative estimate of drug-likeness (QED) is 0.677. The van der Waals surface area contributed by atoms with Crippen LogP contribution in [-0.2, 0) is 11.3 Å². The Morgan fingerprint density at radius 1 is 1.23 bits per heavy atom. The second-order valence-corrected chi connectivity index (χ2v) is 6.79. The highest BCUT2D eigenvalue weighted by atomic mass is 32.1. The maximum Gasteiger partial charge on any atom is 0.387 e. The molecule has 1 heterocycles. The van der Waals surface area contributed by atoms with Gasteiger partial charge in [-0.1, -0.05) is 24.3 Å². The average Bonchev–Trinajstić information content (AvgIpc) is 2.98. The van der Waals surface area contributed by atoms with Gasteiger partial charge in [0.2, 0.25) is 5.91 Å². The Balaban J connectivity index is 1.59. The number of halogens is 2. The third-order valence-corrected chi connectivity index (χ3v) is 4.56. The molecule has 1 amide bonds. The van der Waals surface area contributed by atoms with E-state index in [4.69, 9.17) is 0 Å². The summed E-state index contributed by atoms with van der Waals surface area (Å²) in [6.07, 6.45) is 0. The van der Waals surface area contributed by atoms with Crippen molar-refractivity contribution in [2.45, 2.75) is 13.2 Å².